The molecule has 3 rings (SSSR count). The summed E-state index contributed by atoms with van der Waals surface area (Å²) in [5.41, 5.74) is 1.48. The average Bonchev–Trinajstić information content (AvgIpc) is 2.90. The Balaban J connectivity index is 1.97. The molecule has 2 heterocycles. The Kier molecular flexibility index (Phi) is 2.45. The van der Waals surface area contributed by atoms with E-state index in [-0.39, 0.29) is 5.75 Å². The Morgan fingerprint density at radius 3 is 2.50 bits per heavy atom. The lowest BCUT2D eigenvalue weighted by atomic mass is 10.2. The molecule has 6 heteroatoms. The van der Waals surface area contributed by atoms with Gasteiger partial charge < -0.3 is 9.63 Å². The van der Waals surface area contributed by atoms with Crippen LogP contribution in [0.2, 0.25) is 0 Å². The lowest BCUT2D eigenvalue weighted by Gasteiger charge is -1.93. The van der Waals surface area contributed by atoms with Gasteiger partial charge in [0.1, 0.15) is 5.75 Å². The van der Waals surface area contributed by atoms with Gasteiger partial charge in [0.25, 0.3) is 5.89 Å². The first-order chi connectivity index (χ1) is 8.83. The van der Waals surface area contributed by atoms with Gasteiger partial charge in [-0.3, -0.25) is 0 Å². The van der Waals surface area contributed by atoms with Gasteiger partial charge in [-0.2, -0.15) is 15.2 Å². The van der Waals surface area contributed by atoms with Gasteiger partial charge in [-0.15, -0.1) is 0 Å². The number of benzene rings is 1. The van der Waals surface area contributed by atoms with Gasteiger partial charge in [-0.05, 0) is 30.3 Å². The fourth-order valence-corrected chi connectivity index (χ4v) is 1.49. The van der Waals surface area contributed by atoms with Crippen molar-refractivity contribution in [1.82, 2.24) is 20.3 Å². The molecule has 0 fully saturated rings. The summed E-state index contributed by atoms with van der Waals surface area (Å²) in [4.78, 5) is 4.25. The summed E-state index contributed by atoms with van der Waals surface area (Å²) in [6, 6.07) is 8.31. The number of phenols is 1. The van der Waals surface area contributed by atoms with E-state index < -0.39 is 0 Å². The first-order valence-electron chi connectivity index (χ1n) is 5.23. The quantitative estimate of drug-likeness (QED) is 0.736. The highest BCUT2D eigenvalue weighted by molar-refractivity contribution is 5.59. The van der Waals surface area contributed by atoms with Crippen LogP contribution in [-0.2, 0) is 0 Å². The number of hydrogen-bond donors (Lipinski definition) is 1. The van der Waals surface area contributed by atoms with Gasteiger partial charge in [0.2, 0.25) is 5.82 Å². The van der Waals surface area contributed by atoms with Crippen molar-refractivity contribution in [2.24, 2.45) is 0 Å². The molecule has 0 spiro atoms. The Morgan fingerprint density at radius 1 is 0.944 bits per heavy atom. The molecule has 0 amide bonds. The molecule has 0 atom stereocenters. The van der Waals surface area contributed by atoms with Crippen molar-refractivity contribution in [2.45, 2.75) is 0 Å². The third kappa shape index (κ3) is 1.91. The number of hydrogen-bond acceptors (Lipinski definition) is 6. The molecule has 2 aromatic heterocycles. The second-order valence-corrected chi connectivity index (χ2v) is 3.60. The molecule has 1 aromatic carbocycles. The highest BCUT2D eigenvalue weighted by Crippen LogP contribution is 2.22. The van der Waals surface area contributed by atoms with Gasteiger partial charge in [0, 0.05) is 5.56 Å². The van der Waals surface area contributed by atoms with E-state index in [0.29, 0.717) is 17.3 Å². The van der Waals surface area contributed by atoms with Gasteiger partial charge in [-0.1, -0.05) is 5.16 Å². The summed E-state index contributed by atoms with van der Waals surface area (Å²) < 4.78 is 5.14. The van der Waals surface area contributed by atoms with Gasteiger partial charge in [0.15, 0.2) is 0 Å². The third-order valence-corrected chi connectivity index (χ3v) is 2.38. The monoisotopic (exact) mass is 240 g/mol. The Morgan fingerprint density at radius 2 is 1.78 bits per heavy atom. The number of phenolic OH excluding ortho intramolecular Hbond substituents is 1. The minimum Gasteiger partial charge on any atom is -0.508 e. The van der Waals surface area contributed by atoms with Crippen molar-refractivity contribution in [1.29, 1.82) is 0 Å². The summed E-state index contributed by atoms with van der Waals surface area (Å²) in [7, 11) is 0. The molecule has 0 bridgehead atoms. The van der Waals surface area contributed by atoms with Crippen LogP contribution in [0, 0.1) is 0 Å². The van der Waals surface area contributed by atoms with Crippen LogP contribution in [0.3, 0.4) is 0 Å². The molecule has 18 heavy (non-hydrogen) atoms. The van der Waals surface area contributed by atoms with E-state index in [2.05, 4.69) is 20.3 Å². The number of rotatable bonds is 2. The summed E-state index contributed by atoms with van der Waals surface area (Å²) in [5, 5.41) is 20.5. The SMILES string of the molecule is Oc1ccc(-c2noc(-c3ccnnc3)n2)cc1. The number of aromatic hydroxyl groups is 1. The predicted molar refractivity (Wildman–Crippen MR) is 62.4 cm³/mol. The highest BCUT2D eigenvalue weighted by Gasteiger charge is 2.10. The summed E-state index contributed by atoms with van der Waals surface area (Å²) in [6.07, 6.45) is 3.11. The van der Waals surface area contributed by atoms with Crippen molar-refractivity contribution < 1.29 is 9.63 Å². The van der Waals surface area contributed by atoms with Crippen molar-refractivity contribution in [2.75, 3.05) is 0 Å². The molecule has 0 radical (unpaired) electrons. The average molecular weight is 240 g/mol. The topological polar surface area (TPSA) is 84.9 Å². The first-order valence-corrected chi connectivity index (χ1v) is 5.23. The third-order valence-electron chi connectivity index (χ3n) is 2.38. The predicted octanol–water partition coefficient (Wildman–Crippen LogP) is 1.90. The Labute approximate surface area is 102 Å². The van der Waals surface area contributed by atoms with E-state index in [4.69, 9.17) is 4.52 Å². The van der Waals surface area contributed by atoms with E-state index in [0.717, 1.165) is 5.56 Å². The van der Waals surface area contributed by atoms with E-state index in [9.17, 15) is 5.11 Å². The molecule has 3 aromatic rings. The minimum absolute atomic E-state index is 0.195. The summed E-state index contributed by atoms with van der Waals surface area (Å²) in [6.45, 7) is 0. The van der Waals surface area contributed by atoms with Crippen LogP contribution in [0.25, 0.3) is 22.8 Å². The van der Waals surface area contributed by atoms with Crippen LogP contribution < -0.4 is 0 Å². The van der Waals surface area contributed by atoms with Gasteiger partial charge in [0.05, 0.1) is 18.0 Å². The fraction of sp³-hybridized carbons (Fsp3) is 0. The first kappa shape index (κ1) is 10.4. The Hall–Kier alpha value is -2.76. The van der Waals surface area contributed by atoms with Crippen LogP contribution in [-0.4, -0.2) is 25.4 Å². The molecular formula is C12H8N4O2. The maximum atomic E-state index is 9.21. The Bertz CT molecular complexity index is 649. The zero-order valence-corrected chi connectivity index (χ0v) is 9.19. The van der Waals surface area contributed by atoms with Gasteiger partial charge in [-0.25, -0.2) is 0 Å². The van der Waals surface area contributed by atoms with Crippen molar-refractivity contribution >= 4 is 0 Å². The van der Waals surface area contributed by atoms with E-state index >= 15 is 0 Å². The summed E-state index contributed by atoms with van der Waals surface area (Å²) in [5.74, 6) is 1.04. The molecule has 88 valence electrons. The summed E-state index contributed by atoms with van der Waals surface area (Å²) >= 11 is 0. The second-order valence-electron chi connectivity index (χ2n) is 3.60. The standard InChI is InChI=1S/C12H8N4O2/c17-10-3-1-8(2-4-10)11-15-12(18-16-11)9-5-6-13-14-7-9/h1-7,17H. The minimum atomic E-state index is 0.195. The van der Waals surface area contributed by atoms with Crippen LogP contribution in [0.1, 0.15) is 0 Å². The molecule has 0 saturated carbocycles. The molecular weight excluding hydrogens is 232 g/mol. The second kappa shape index (κ2) is 4.25. The lowest BCUT2D eigenvalue weighted by Crippen LogP contribution is -1.83. The van der Waals surface area contributed by atoms with E-state index in [1.54, 1.807) is 42.7 Å². The molecule has 6 nitrogen and oxygen atoms in total. The smallest absolute Gasteiger partial charge is 0.259 e. The largest absolute Gasteiger partial charge is 0.508 e. The van der Waals surface area contributed by atoms with Crippen LogP contribution in [0.15, 0.2) is 47.2 Å². The number of aromatic nitrogens is 4. The number of nitrogens with zero attached hydrogens (tertiary/aromatic N) is 4. The highest BCUT2D eigenvalue weighted by atomic mass is 16.5. The van der Waals surface area contributed by atoms with E-state index in [1.165, 1.54) is 0 Å². The normalized spacial score (nSPS) is 10.4. The van der Waals surface area contributed by atoms with Crippen molar-refractivity contribution in [3.05, 3.63) is 42.7 Å². The van der Waals surface area contributed by atoms with Crippen LogP contribution in [0.4, 0.5) is 0 Å². The zero-order valence-electron chi connectivity index (χ0n) is 9.19. The molecule has 0 aliphatic rings. The fourth-order valence-electron chi connectivity index (χ4n) is 1.49. The molecule has 1 N–H and O–H groups in total. The van der Waals surface area contributed by atoms with Crippen molar-refractivity contribution in [3.8, 4) is 28.6 Å². The zero-order chi connectivity index (χ0) is 12.4. The van der Waals surface area contributed by atoms with Gasteiger partial charge >= 0.3 is 0 Å². The van der Waals surface area contributed by atoms with Crippen LogP contribution in [0.5, 0.6) is 5.75 Å². The maximum absolute atomic E-state index is 9.21. The molecule has 0 saturated heterocycles. The van der Waals surface area contributed by atoms with E-state index in [1.807, 2.05) is 0 Å². The lowest BCUT2D eigenvalue weighted by molar-refractivity contribution is 0.432. The molecule has 0 unspecified atom stereocenters. The van der Waals surface area contributed by atoms with Crippen LogP contribution >= 0.6 is 0 Å². The van der Waals surface area contributed by atoms with Crippen molar-refractivity contribution in [3.63, 3.8) is 0 Å². The molecule has 0 aliphatic heterocycles. The molecule has 0 aliphatic carbocycles. The maximum Gasteiger partial charge on any atom is 0.259 e.